The molecule has 0 aliphatic carbocycles. The molecule has 19 nitrogen and oxygen atoms in total. The third-order valence-electron chi connectivity index (χ3n) is 9.48. The van der Waals surface area contributed by atoms with Crippen molar-refractivity contribution in [1.82, 2.24) is 26.6 Å². The molecule has 0 saturated heterocycles. The normalized spacial score (nSPS) is 11.8. The summed E-state index contributed by atoms with van der Waals surface area (Å²) in [5, 5.41) is 32.1. The Labute approximate surface area is 370 Å². The molecular weight excluding hydrogens is 823 g/mol. The highest BCUT2D eigenvalue weighted by Crippen LogP contribution is 2.11. The largest absolute Gasteiger partial charge is 0.480 e. The van der Waals surface area contributed by atoms with E-state index in [1.807, 2.05) is 30.3 Å². The third kappa shape index (κ3) is 34.2. The van der Waals surface area contributed by atoms with Crippen molar-refractivity contribution in [1.29, 1.82) is 0 Å². The first-order chi connectivity index (χ1) is 30.5. The number of benzene rings is 1. The first-order valence-electron chi connectivity index (χ1n) is 22.1. The van der Waals surface area contributed by atoms with Crippen molar-refractivity contribution in [2.45, 2.75) is 121 Å². The van der Waals surface area contributed by atoms with Crippen LogP contribution >= 0.6 is 0 Å². The number of carbonyl (C=O) groups is 7. The van der Waals surface area contributed by atoms with E-state index in [0.29, 0.717) is 32.5 Å². The maximum absolute atomic E-state index is 12.4. The van der Waals surface area contributed by atoms with Crippen molar-refractivity contribution < 1.29 is 67.5 Å². The average Bonchev–Trinajstić information content (AvgIpc) is 3.26. The second kappa shape index (κ2) is 38.7. The molecule has 0 spiro atoms. The molecule has 0 aliphatic heterocycles. The summed E-state index contributed by atoms with van der Waals surface area (Å²) in [7, 11) is 0. The highest BCUT2D eigenvalue weighted by molar-refractivity contribution is 5.85. The summed E-state index contributed by atoms with van der Waals surface area (Å²) >= 11 is 0. The van der Waals surface area contributed by atoms with Crippen LogP contribution in [0.3, 0.4) is 0 Å². The molecule has 0 unspecified atom stereocenters. The lowest BCUT2D eigenvalue weighted by Gasteiger charge is -2.14. The van der Waals surface area contributed by atoms with Crippen LogP contribution in [-0.4, -0.2) is 143 Å². The van der Waals surface area contributed by atoms with E-state index >= 15 is 0 Å². The summed E-state index contributed by atoms with van der Waals surface area (Å²) in [5.41, 5.74) is 1.11. The van der Waals surface area contributed by atoms with E-state index in [9.17, 15) is 48.6 Å². The third-order valence-corrected chi connectivity index (χ3v) is 9.48. The molecule has 0 aliphatic rings. The lowest BCUT2D eigenvalue weighted by atomic mass is 10.1. The Morgan fingerprint density at radius 3 is 1.49 bits per heavy atom. The van der Waals surface area contributed by atoms with Gasteiger partial charge in [-0.15, -0.1) is 0 Å². The lowest BCUT2D eigenvalue weighted by molar-refractivity contribution is -0.142. The van der Waals surface area contributed by atoms with Gasteiger partial charge in [-0.2, -0.15) is 0 Å². The predicted molar refractivity (Wildman–Crippen MR) is 231 cm³/mol. The molecule has 1 aromatic carbocycles. The van der Waals surface area contributed by atoms with Gasteiger partial charge in [-0.1, -0.05) is 75.3 Å². The van der Waals surface area contributed by atoms with Gasteiger partial charge in [-0.25, -0.2) is 9.59 Å². The van der Waals surface area contributed by atoms with E-state index in [1.54, 1.807) is 6.29 Å². The zero-order valence-corrected chi connectivity index (χ0v) is 36.6. The number of hydrogen-bond donors (Lipinski definition) is 7. The number of unbranched alkanes of at least 4 members (excludes halogenated alkanes) is 8. The summed E-state index contributed by atoms with van der Waals surface area (Å²) in [6.07, 6.45) is 11.5. The van der Waals surface area contributed by atoms with Crippen LogP contribution in [0.2, 0.25) is 0 Å². The van der Waals surface area contributed by atoms with E-state index in [4.69, 9.17) is 18.9 Å². The monoisotopic (exact) mass is 892 g/mol. The SMILES string of the molecule is O=[C]COCCOCCNC(=O)COCCOCCNC(=O)CC[C@H](NC(=O)CCCCCCCCCCCNC(=O)CC[C@H](NC(=O)CCCc1ccccc1)C(=O)O)C(=O)O. The van der Waals surface area contributed by atoms with Crippen LogP contribution in [0.5, 0.6) is 0 Å². The minimum atomic E-state index is -1.21. The molecule has 1 radical (unpaired) electrons. The molecule has 0 heterocycles. The topological polar surface area (TPSA) is 274 Å². The van der Waals surface area contributed by atoms with Gasteiger partial charge in [0.1, 0.15) is 25.3 Å². The Morgan fingerprint density at radius 2 is 0.952 bits per heavy atom. The summed E-state index contributed by atoms with van der Waals surface area (Å²) in [6.45, 7) is 2.13. The lowest BCUT2D eigenvalue weighted by Crippen LogP contribution is -2.41. The Kier molecular flexibility index (Phi) is 34.4. The van der Waals surface area contributed by atoms with Crippen LogP contribution in [0, 0.1) is 0 Å². The van der Waals surface area contributed by atoms with Gasteiger partial charge < -0.3 is 55.7 Å². The summed E-state index contributed by atoms with van der Waals surface area (Å²) in [6, 6.07) is 7.45. The molecule has 5 amide bonds. The van der Waals surface area contributed by atoms with E-state index in [1.165, 1.54) is 0 Å². The van der Waals surface area contributed by atoms with Crippen molar-refractivity contribution in [2.24, 2.45) is 0 Å². The number of hydrogen-bond acceptors (Lipinski definition) is 12. The van der Waals surface area contributed by atoms with Crippen LogP contribution < -0.4 is 26.6 Å². The van der Waals surface area contributed by atoms with Gasteiger partial charge >= 0.3 is 11.9 Å². The zero-order valence-electron chi connectivity index (χ0n) is 36.6. The molecule has 0 aromatic heterocycles. The van der Waals surface area contributed by atoms with Gasteiger partial charge in [0, 0.05) is 45.3 Å². The van der Waals surface area contributed by atoms with Crippen molar-refractivity contribution in [2.75, 3.05) is 72.5 Å². The highest BCUT2D eigenvalue weighted by atomic mass is 16.5. The molecule has 63 heavy (non-hydrogen) atoms. The van der Waals surface area contributed by atoms with Gasteiger partial charge in [-0.05, 0) is 44.1 Å². The number of rotatable bonds is 42. The van der Waals surface area contributed by atoms with E-state index in [-0.39, 0.29) is 121 Å². The number of carboxylic acid groups (broad SMARTS) is 2. The molecule has 0 fully saturated rings. The van der Waals surface area contributed by atoms with Crippen molar-refractivity contribution >= 4 is 47.8 Å². The minimum Gasteiger partial charge on any atom is -0.480 e. The number of aliphatic carboxylic acids is 2. The van der Waals surface area contributed by atoms with Crippen LogP contribution in [0.25, 0.3) is 0 Å². The summed E-state index contributed by atoms with van der Waals surface area (Å²) in [5.74, 6) is -4.02. The van der Waals surface area contributed by atoms with Gasteiger partial charge in [0.05, 0.1) is 39.6 Å². The van der Waals surface area contributed by atoms with Crippen LogP contribution in [0.4, 0.5) is 0 Å². The fraction of sp³-hybridized carbons (Fsp3) is 0.682. The number of aryl methyl sites for hydroxylation is 1. The maximum atomic E-state index is 12.4. The highest BCUT2D eigenvalue weighted by Gasteiger charge is 2.22. The van der Waals surface area contributed by atoms with Crippen molar-refractivity contribution in [3.8, 4) is 0 Å². The average molecular weight is 893 g/mol. The molecular formula is C44H70N5O14. The molecule has 2 atom stereocenters. The first kappa shape index (κ1) is 56.0. The predicted octanol–water partition coefficient (Wildman–Crippen LogP) is 2.13. The van der Waals surface area contributed by atoms with Gasteiger partial charge in [0.25, 0.3) is 0 Å². The minimum absolute atomic E-state index is 0.00822. The van der Waals surface area contributed by atoms with Crippen molar-refractivity contribution in [3.63, 3.8) is 0 Å². The second-order valence-electron chi connectivity index (χ2n) is 14.8. The van der Waals surface area contributed by atoms with Crippen LogP contribution in [-0.2, 0) is 63.7 Å². The van der Waals surface area contributed by atoms with Gasteiger partial charge in [0.15, 0.2) is 0 Å². The smallest absolute Gasteiger partial charge is 0.326 e. The van der Waals surface area contributed by atoms with Gasteiger partial charge in [-0.3, -0.25) is 28.8 Å². The van der Waals surface area contributed by atoms with Crippen molar-refractivity contribution in [3.05, 3.63) is 35.9 Å². The Morgan fingerprint density at radius 1 is 0.492 bits per heavy atom. The van der Waals surface area contributed by atoms with E-state index < -0.39 is 24.0 Å². The molecule has 7 N–H and O–H groups in total. The molecule has 355 valence electrons. The fourth-order valence-corrected chi connectivity index (χ4v) is 6.04. The standard InChI is InChI=1S/C44H70N5O14/c50-26-29-62-31-30-60-28-25-47-42(55)34-63-33-32-61-27-24-46-39(52)22-20-36(43(56)57)48-40(53)17-11-6-4-2-1-3-5-7-12-23-45-38(51)21-19-37(44(58)59)49-41(54)18-13-16-35-14-9-8-10-15-35/h8-10,14-15,36-37H,1-7,11-13,16-25,27-34H2,(H,45,51)(H,46,52)(H,47,55)(H,48,53)(H,49,54)(H,56,57)(H,58,59)/t36-,37-/m0/s1. The quantitative estimate of drug-likeness (QED) is 0.0464. The molecule has 19 heteroatoms. The number of carbonyl (C=O) groups excluding carboxylic acids is 6. The van der Waals surface area contributed by atoms with Gasteiger partial charge in [0.2, 0.25) is 35.8 Å². The summed E-state index contributed by atoms with van der Waals surface area (Å²) in [4.78, 5) is 94.0. The zero-order chi connectivity index (χ0) is 46.2. The number of carboxylic acids is 2. The molecule has 1 rings (SSSR count). The number of nitrogens with one attached hydrogen (secondary N) is 5. The van der Waals surface area contributed by atoms with E-state index in [2.05, 4.69) is 26.6 Å². The molecule has 0 saturated carbocycles. The Hall–Kier alpha value is -4.98. The molecule has 1 aromatic rings. The van der Waals surface area contributed by atoms with E-state index in [0.717, 1.165) is 63.4 Å². The number of ether oxygens (including phenoxy) is 4. The first-order valence-corrected chi connectivity index (χ1v) is 22.1. The molecule has 0 bridgehead atoms. The second-order valence-corrected chi connectivity index (χ2v) is 14.8. The number of amides is 5. The summed E-state index contributed by atoms with van der Waals surface area (Å²) < 4.78 is 20.7. The maximum Gasteiger partial charge on any atom is 0.326 e. The Balaban J connectivity index is 1.99. The Bertz CT molecular complexity index is 1450. The van der Waals surface area contributed by atoms with Crippen LogP contribution in [0.1, 0.15) is 108 Å². The fourth-order valence-electron chi connectivity index (χ4n) is 6.04. The van der Waals surface area contributed by atoms with Crippen LogP contribution in [0.15, 0.2) is 30.3 Å².